The van der Waals surface area contributed by atoms with Crippen molar-refractivity contribution >= 4 is 22.2 Å². The van der Waals surface area contributed by atoms with Gasteiger partial charge in [-0.25, -0.2) is 9.37 Å². The maximum atomic E-state index is 14.8. The Hall–Kier alpha value is -3.88. The Morgan fingerprint density at radius 1 is 0.955 bits per heavy atom. The Kier molecular flexibility index (Phi) is 12.6. The minimum absolute atomic E-state index is 0.134. The first kappa shape index (κ1) is 33.0. The molecule has 0 amide bonds. The minimum Gasteiger partial charge on any atom is -0.491 e. The van der Waals surface area contributed by atoms with Gasteiger partial charge in [0.1, 0.15) is 18.2 Å². The van der Waals surface area contributed by atoms with Gasteiger partial charge in [0, 0.05) is 36.2 Å². The number of aromatic nitrogens is 2. The van der Waals surface area contributed by atoms with Crippen molar-refractivity contribution in [1.29, 1.82) is 0 Å². The van der Waals surface area contributed by atoms with Gasteiger partial charge in [-0.05, 0) is 84.5 Å². The number of benzene rings is 3. The van der Waals surface area contributed by atoms with Crippen LogP contribution in [0, 0.1) is 5.82 Å². The Morgan fingerprint density at radius 3 is 2.43 bits per heavy atom. The van der Waals surface area contributed by atoms with Crippen LogP contribution in [0.3, 0.4) is 0 Å². The lowest BCUT2D eigenvalue weighted by atomic mass is 9.97. The normalized spacial score (nSPS) is 12.3. The van der Waals surface area contributed by atoms with Crippen LogP contribution in [0.2, 0.25) is 0 Å². The Bertz CT molecular complexity index is 1560. The Labute approximate surface area is 262 Å². The molecule has 1 atom stereocenters. The van der Waals surface area contributed by atoms with Gasteiger partial charge in [-0.2, -0.15) is 0 Å². The molecule has 44 heavy (non-hydrogen) atoms. The number of carbonyl (C=O) groups excluding carboxylic acids is 1. The highest BCUT2D eigenvalue weighted by Crippen LogP contribution is 2.28. The summed E-state index contributed by atoms with van der Waals surface area (Å²) in [5, 5.41) is 0. The molecule has 4 rings (SSSR count). The van der Waals surface area contributed by atoms with Gasteiger partial charge in [0.15, 0.2) is 5.78 Å². The molecule has 3 aromatic carbocycles. The number of carbonyl (C=O) groups is 1. The number of allylic oxidation sites excluding steroid dienone is 2. The number of ether oxygens (including phenoxy) is 2. The third kappa shape index (κ3) is 9.56. The lowest BCUT2D eigenvalue weighted by Gasteiger charge is -2.10. The second kappa shape index (κ2) is 16.8. The number of rotatable bonds is 17. The number of hydrogen-bond acceptors (Lipinski definition) is 5. The van der Waals surface area contributed by atoms with Crippen LogP contribution in [0.15, 0.2) is 90.2 Å². The second-order valence-electron chi connectivity index (χ2n) is 10.7. The van der Waals surface area contributed by atoms with Gasteiger partial charge in [-0.1, -0.05) is 50.6 Å². The molecule has 6 nitrogen and oxygen atoms in total. The van der Waals surface area contributed by atoms with E-state index in [1.54, 1.807) is 43.7 Å². The number of unbranched alkanes of at least 4 members (excludes halogenated alkanes) is 1. The van der Waals surface area contributed by atoms with Crippen LogP contribution >= 0.6 is 0 Å². The maximum absolute atomic E-state index is 14.8. The van der Waals surface area contributed by atoms with E-state index in [9.17, 15) is 13.4 Å². The molecule has 4 aromatic rings. The minimum atomic E-state index is -1.22. The zero-order valence-electron chi connectivity index (χ0n) is 25.8. The fourth-order valence-electron chi connectivity index (χ4n) is 4.78. The summed E-state index contributed by atoms with van der Waals surface area (Å²) in [5.41, 5.74) is 4.44. The van der Waals surface area contributed by atoms with Gasteiger partial charge >= 0.3 is 0 Å². The second-order valence-corrected chi connectivity index (χ2v) is 12.2. The topological polar surface area (TPSA) is 70.4 Å². The number of halogens is 1. The lowest BCUT2D eigenvalue weighted by molar-refractivity contribution is -0.113. The number of aryl methyl sites for hydroxylation is 1. The quantitative estimate of drug-likeness (QED) is 0.0894. The molecule has 8 heteroatoms. The van der Waals surface area contributed by atoms with Gasteiger partial charge in [0.2, 0.25) is 0 Å². The third-order valence-electron chi connectivity index (χ3n) is 7.20. The van der Waals surface area contributed by atoms with Crippen molar-refractivity contribution in [2.45, 2.75) is 63.6 Å². The van der Waals surface area contributed by atoms with Crippen LogP contribution in [0.5, 0.6) is 5.75 Å². The predicted molar refractivity (Wildman–Crippen MR) is 174 cm³/mol. The summed E-state index contributed by atoms with van der Waals surface area (Å²) in [4.78, 5) is 17.8. The monoisotopic (exact) mass is 616 g/mol. The molecule has 232 valence electrons. The first-order valence-corrected chi connectivity index (χ1v) is 16.5. The summed E-state index contributed by atoms with van der Waals surface area (Å²) in [7, 11) is -1.22. The lowest BCUT2D eigenvalue weighted by Crippen LogP contribution is -2.07. The fourth-order valence-corrected chi connectivity index (χ4v) is 5.89. The molecule has 1 aromatic heterocycles. The summed E-state index contributed by atoms with van der Waals surface area (Å²) in [6.07, 6.45) is 8.31. The molecule has 0 spiro atoms. The number of ketones is 1. The number of imidazole rings is 1. The molecule has 0 saturated heterocycles. The van der Waals surface area contributed by atoms with E-state index in [0.717, 1.165) is 60.5 Å². The van der Waals surface area contributed by atoms with Gasteiger partial charge in [-0.3, -0.25) is 9.00 Å². The van der Waals surface area contributed by atoms with Gasteiger partial charge in [0.25, 0.3) is 0 Å². The molecule has 0 saturated carbocycles. The summed E-state index contributed by atoms with van der Waals surface area (Å²) < 4.78 is 41.1. The first-order chi connectivity index (χ1) is 21.4. The van der Waals surface area contributed by atoms with Crippen molar-refractivity contribution in [3.63, 3.8) is 0 Å². The van der Waals surface area contributed by atoms with E-state index in [1.165, 1.54) is 12.1 Å². The van der Waals surface area contributed by atoms with Crippen molar-refractivity contribution < 1.29 is 22.9 Å². The summed E-state index contributed by atoms with van der Waals surface area (Å²) in [6.45, 7) is 8.58. The van der Waals surface area contributed by atoms with Crippen LogP contribution in [-0.4, -0.2) is 39.4 Å². The molecule has 0 bridgehead atoms. The maximum Gasteiger partial charge on any atom is 0.160 e. The number of nitrogens with zero attached hydrogens (tertiary/aromatic N) is 2. The van der Waals surface area contributed by atoms with Gasteiger partial charge in [-0.15, -0.1) is 0 Å². The summed E-state index contributed by atoms with van der Waals surface area (Å²) >= 11 is 0. The molecule has 0 aliphatic heterocycles. The van der Waals surface area contributed by atoms with Gasteiger partial charge < -0.3 is 14.0 Å². The predicted octanol–water partition coefficient (Wildman–Crippen LogP) is 7.82. The molecular weight excluding hydrogens is 575 g/mol. The molecule has 0 radical (unpaired) electrons. The van der Waals surface area contributed by atoms with E-state index in [-0.39, 0.29) is 18.0 Å². The Balaban J connectivity index is 1.35. The van der Waals surface area contributed by atoms with Crippen LogP contribution < -0.4 is 4.74 Å². The number of hydrogen-bond donors (Lipinski definition) is 0. The van der Waals surface area contributed by atoms with Gasteiger partial charge in [0.05, 0.1) is 35.2 Å². The SMILES string of the molecule is CCCCOCCOc1ccc(-c2ccc(F)c(/C(C)=C/C(=O)Cc3ccc([S@@](=O)Cc4cncn4CCC)cc3)c2)cc1. The average Bonchev–Trinajstić information content (AvgIpc) is 3.46. The van der Waals surface area contributed by atoms with E-state index in [2.05, 4.69) is 18.8 Å². The van der Waals surface area contributed by atoms with E-state index < -0.39 is 10.8 Å². The molecular formula is C36H41FN2O4S. The van der Waals surface area contributed by atoms with E-state index in [4.69, 9.17) is 9.47 Å². The third-order valence-corrected chi connectivity index (χ3v) is 8.56. The highest BCUT2D eigenvalue weighted by Gasteiger charge is 2.12. The molecule has 1 heterocycles. The van der Waals surface area contributed by atoms with Crippen molar-refractivity contribution in [2.24, 2.45) is 0 Å². The standard InChI is InChI=1S/C36H41FN2O4S/c1-4-6-18-42-19-20-43-33-12-9-29(10-13-33)30-11-16-36(37)35(23-30)27(3)21-32(40)22-28-7-14-34(15-8-28)44(41)25-31-24-38-26-39(31)17-5-2/h7-16,21,23-24,26H,4-6,17-20,22,25H2,1-3H3/b27-21+/t44-/m0/s1. The fraction of sp³-hybridized carbons (Fsp3) is 0.333. The van der Waals surface area contributed by atoms with Crippen LogP contribution in [-0.2, 0) is 39.0 Å². The zero-order valence-corrected chi connectivity index (χ0v) is 26.6. The van der Waals surface area contributed by atoms with Crippen molar-refractivity contribution in [1.82, 2.24) is 9.55 Å². The zero-order chi connectivity index (χ0) is 31.3. The van der Waals surface area contributed by atoms with E-state index in [1.807, 2.05) is 41.0 Å². The smallest absolute Gasteiger partial charge is 0.160 e. The van der Waals surface area contributed by atoms with Crippen molar-refractivity contribution in [2.75, 3.05) is 19.8 Å². The molecule has 0 unspecified atom stereocenters. The van der Waals surface area contributed by atoms with Crippen molar-refractivity contribution in [3.05, 3.63) is 108 Å². The van der Waals surface area contributed by atoms with Crippen LogP contribution in [0.1, 0.15) is 56.9 Å². The highest BCUT2D eigenvalue weighted by molar-refractivity contribution is 7.84. The van der Waals surface area contributed by atoms with Crippen LogP contribution in [0.25, 0.3) is 16.7 Å². The van der Waals surface area contributed by atoms with Crippen LogP contribution in [0.4, 0.5) is 4.39 Å². The molecule has 0 aliphatic carbocycles. The molecule has 0 N–H and O–H groups in total. The van der Waals surface area contributed by atoms with E-state index >= 15 is 0 Å². The van der Waals surface area contributed by atoms with Crippen molar-refractivity contribution in [3.8, 4) is 16.9 Å². The summed E-state index contributed by atoms with van der Waals surface area (Å²) in [5.74, 6) is 0.614. The molecule has 0 aliphatic rings. The average molecular weight is 617 g/mol. The summed E-state index contributed by atoms with van der Waals surface area (Å²) in [6, 6.07) is 19.8. The highest BCUT2D eigenvalue weighted by atomic mass is 32.2. The largest absolute Gasteiger partial charge is 0.491 e. The Morgan fingerprint density at radius 2 is 1.70 bits per heavy atom. The van der Waals surface area contributed by atoms with E-state index in [0.29, 0.717) is 35.0 Å². The molecule has 0 fully saturated rings. The first-order valence-electron chi connectivity index (χ1n) is 15.2.